The minimum absolute atomic E-state index is 0.0247. The number of amides is 1. The molecule has 1 amide bonds. The van der Waals surface area contributed by atoms with Crippen LogP contribution in [-0.4, -0.2) is 23.6 Å². The molecule has 2 N–H and O–H groups in total. The Balaban J connectivity index is 2.00. The van der Waals surface area contributed by atoms with Gasteiger partial charge in [0.1, 0.15) is 23.1 Å². The zero-order valence-corrected chi connectivity index (χ0v) is 11.2. The highest BCUT2D eigenvalue weighted by molar-refractivity contribution is 7.12. The van der Waals surface area contributed by atoms with Gasteiger partial charge in [-0.05, 0) is 23.6 Å². The minimum atomic E-state index is -1.18. The van der Waals surface area contributed by atoms with Crippen LogP contribution < -0.4 is 10.1 Å². The smallest absolute Gasteiger partial charge is 0.349 e. The molecule has 8 heteroatoms. The standard InChI is InChI=1S/C13H9F2NO4S/c14-7-2-1-3-8(15)11(7)16-10(17)6-20-9-4-5-21-12(9)13(18)19/h1-5H,6H2,(H,16,17)(H,18,19). The van der Waals surface area contributed by atoms with E-state index in [1.165, 1.54) is 17.5 Å². The van der Waals surface area contributed by atoms with Crippen LogP contribution in [0.15, 0.2) is 29.6 Å². The van der Waals surface area contributed by atoms with E-state index in [2.05, 4.69) is 0 Å². The predicted molar refractivity (Wildman–Crippen MR) is 71.8 cm³/mol. The number of rotatable bonds is 5. The lowest BCUT2D eigenvalue weighted by atomic mass is 10.3. The number of benzene rings is 1. The minimum Gasteiger partial charge on any atom is -0.482 e. The first-order valence-electron chi connectivity index (χ1n) is 5.66. The molecular formula is C13H9F2NO4S. The van der Waals surface area contributed by atoms with Gasteiger partial charge in [0.2, 0.25) is 0 Å². The van der Waals surface area contributed by atoms with Crippen molar-refractivity contribution >= 4 is 28.9 Å². The molecule has 2 rings (SSSR count). The van der Waals surface area contributed by atoms with Crippen molar-refractivity contribution in [1.29, 1.82) is 0 Å². The number of carbonyl (C=O) groups is 2. The Labute approximate surface area is 121 Å². The molecule has 1 aromatic carbocycles. The summed E-state index contributed by atoms with van der Waals surface area (Å²) in [6, 6.07) is 4.56. The maximum Gasteiger partial charge on any atom is 0.349 e. The van der Waals surface area contributed by atoms with Crippen molar-refractivity contribution in [1.82, 2.24) is 0 Å². The second-order valence-corrected chi connectivity index (χ2v) is 4.77. The Morgan fingerprint density at radius 3 is 2.52 bits per heavy atom. The fourth-order valence-corrected chi connectivity index (χ4v) is 2.17. The molecular weight excluding hydrogens is 304 g/mol. The molecule has 0 spiro atoms. The fraction of sp³-hybridized carbons (Fsp3) is 0.0769. The van der Waals surface area contributed by atoms with Crippen LogP contribution in [0.1, 0.15) is 9.67 Å². The fourth-order valence-electron chi connectivity index (χ4n) is 1.50. The first-order valence-corrected chi connectivity index (χ1v) is 6.54. The van der Waals surface area contributed by atoms with Gasteiger partial charge in [0.15, 0.2) is 11.5 Å². The van der Waals surface area contributed by atoms with Crippen LogP contribution >= 0.6 is 11.3 Å². The summed E-state index contributed by atoms with van der Waals surface area (Å²) < 4.78 is 31.7. The normalized spacial score (nSPS) is 10.2. The number of para-hydroxylation sites is 1. The van der Waals surface area contributed by atoms with E-state index in [1.54, 1.807) is 0 Å². The van der Waals surface area contributed by atoms with Crippen LogP contribution in [0.3, 0.4) is 0 Å². The van der Waals surface area contributed by atoms with Crippen molar-refractivity contribution in [3.05, 3.63) is 46.2 Å². The van der Waals surface area contributed by atoms with Crippen LogP contribution in [0.5, 0.6) is 5.75 Å². The van der Waals surface area contributed by atoms with Crippen molar-refractivity contribution < 1.29 is 28.2 Å². The van der Waals surface area contributed by atoms with Crippen LogP contribution in [0.4, 0.5) is 14.5 Å². The van der Waals surface area contributed by atoms with E-state index in [1.807, 2.05) is 5.32 Å². The van der Waals surface area contributed by atoms with Gasteiger partial charge >= 0.3 is 5.97 Å². The molecule has 0 aliphatic rings. The van der Waals surface area contributed by atoms with Crippen molar-refractivity contribution in [2.75, 3.05) is 11.9 Å². The van der Waals surface area contributed by atoms with Crippen LogP contribution in [0, 0.1) is 11.6 Å². The molecule has 0 radical (unpaired) electrons. The highest BCUT2D eigenvalue weighted by atomic mass is 32.1. The Hall–Kier alpha value is -2.48. The molecule has 1 aromatic heterocycles. The molecule has 0 bridgehead atoms. The largest absolute Gasteiger partial charge is 0.482 e. The number of ether oxygens (including phenoxy) is 1. The van der Waals surface area contributed by atoms with E-state index in [0.29, 0.717) is 0 Å². The lowest BCUT2D eigenvalue weighted by Gasteiger charge is -2.08. The Kier molecular flexibility index (Phi) is 4.49. The molecule has 0 aliphatic carbocycles. The van der Waals surface area contributed by atoms with E-state index < -0.39 is 35.8 Å². The predicted octanol–water partition coefficient (Wildman–Crippen LogP) is 2.74. The number of halogens is 2. The van der Waals surface area contributed by atoms with Gasteiger partial charge in [-0.1, -0.05) is 6.07 Å². The van der Waals surface area contributed by atoms with Gasteiger partial charge in [-0.3, -0.25) is 4.79 Å². The van der Waals surface area contributed by atoms with Gasteiger partial charge in [-0.25, -0.2) is 13.6 Å². The van der Waals surface area contributed by atoms with Gasteiger partial charge in [-0.2, -0.15) is 0 Å². The van der Waals surface area contributed by atoms with Gasteiger partial charge in [0.25, 0.3) is 5.91 Å². The molecule has 5 nitrogen and oxygen atoms in total. The van der Waals surface area contributed by atoms with Crippen LogP contribution in [0.2, 0.25) is 0 Å². The summed E-state index contributed by atoms with van der Waals surface area (Å²) >= 11 is 0.942. The molecule has 1 heterocycles. The number of carboxylic acids is 1. The van der Waals surface area contributed by atoms with E-state index >= 15 is 0 Å². The third-order valence-corrected chi connectivity index (χ3v) is 3.29. The molecule has 0 aliphatic heterocycles. The summed E-state index contributed by atoms with van der Waals surface area (Å²) in [5.41, 5.74) is -0.574. The molecule has 0 saturated heterocycles. The molecule has 0 saturated carbocycles. The first kappa shape index (κ1) is 14.9. The van der Waals surface area contributed by atoms with Gasteiger partial charge < -0.3 is 15.2 Å². The highest BCUT2D eigenvalue weighted by Crippen LogP contribution is 2.24. The molecule has 21 heavy (non-hydrogen) atoms. The Bertz CT molecular complexity index is 666. The second-order valence-electron chi connectivity index (χ2n) is 3.85. The van der Waals surface area contributed by atoms with Crippen LogP contribution in [0.25, 0.3) is 0 Å². The summed E-state index contributed by atoms with van der Waals surface area (Å²) in [7, 11) is 0. The van der Waals surface area contributed by atoms with Gasteiger partial charge in [-0.15, -0.1) is 11.3 Å². The van der Waals surface area contributed by atoms with E-state index in [-0.39, 0.29) is 10.6 Å². The van der Waals surface area contributed by atoms with E-state index in [4.69, 9.17) is 9.84 Å². The quantitative estimate of drug-likeness (QED) is 0.890. The maximum absolute atomic E-state index is 13.3. The average Bonchev–Trinajstić information content (AvgIpc) is 2.89. The average molecular weight is 313 g/mol. The molecule has 0 unspecified atom stereocenters. The number of aromatic carboxylic acids is 1. The molecule has 2 aromatic rings. The van der Waals surface area contributed by atoms with Gasteiger partial charge in [0, 0.05) is 0 Å². The number of anilines is 1. The Morgan fingerprint density at radius 1 is 1.24 bits per heavy atom. The summed E-state index contributed by atoms with van der Waals surface area (Å²) in [6.07, 6.45) is 0. The SMILES string of the molecule is O=C(COc1ccsc1C(=O)O)Nc1c(F)cccc1F. The van der Waals surface area contributed by atoms with Gasteiger partial charge in [0.05, 0.1) is 0 Å². The van der Waals surface area contributed by atoms with Crippen LogP contribution in [-0.2, 0) is 4.79 Å². The highest BCUT2D eigenvalue weighted by Gasteiger charge is 2.16. The lowest BCUT2D eigenvalue weighted by molar-refractivity contribution is -0.118. The topological polar surface area (TPSA) is 75.6 Å². The second kappa shape index (κ2) is 6.31. The molecule has 0 atom stereocenters. The van der Waals surface area contributed by atoms with Crippen molar-refractivity contribution in [3.8, 4) is 5.75 Å². The number of hydrogen-bond donors (Lipinski definition) is 2. The summed E-state index contributed by atoms with van der Waals surface area (Å²) in [5.74, 6) is -3.78. The van der Waals surface area contributed by atoms with E-state index in [9.17, 15) is 18.4 Å². The number of hydrogen-bond acceptors (Lipinski definition) is 4. The monoisotopic (exact) mass is 313 g/mol. The number of thiophene rings is 1. The zero-order chi connectivity index (χ0) is 15.4. The number of carboxylic acid groups (broad SMARTS) is 1. The lowest BCUT2D eigenvalue weighted by Crippen LogP contribution is -2.21. The Morgan fingerprint density at radius 2 is 1.90 bits per heavy atom. The van der Waals surface area contributed by atoms with Crippen molar-refractivity contribution in [2.45, 2.75) is 0 Å². The van der Waals surface area contributed by atoms with Crippen molar-refractivity contribution in [3.63, 3.8) is 0 Å². The zero-order valence-electron chi connectivity index (χ0n) is 10.4. The number of nitrogens with one attached hydrogen (secondary N) is 1. The maximum atomic E-state index is 13.3. The molecule has 110 valence electrons. The summed E-state index contributed by atoms with van der Waals surface area (Å²) in [6.45, 7) is -0.565. The summed E-state index contributed by atoms with van der Waals surface area (Å²) in [5, 5.41) is 12.4. The number of carbonyl (C=O) groups excluding carboxylic acids is 1. The third-order valence-electron chi connectivity index (χ3n) is 2.41. The first-order chi connectivity index (χ1) is 9.99. The molecule has 0 fully saturated rings. The van der Waals surface area contributed by atoms with E-state index in [0.717, 1.165) is 23.5 Å². The van der Waals surface area contributed by atoms with Crippen molar-refractivity contribution in [2.24, 2.45) is 0 Å². The third kappa shape index (κ3) is 3.54. The summed E-state index contributed by atoms with van der Waals surface area (Å²) in [4.78, 5) is 22.4.